The smallest absolute Gasteiger partial charge is 0.415 e. The number of β-amino-alcohol motifs (C(OH)–C–C–N with tert-alkyl or cyclic N) is 1. The third-order valence-corrected chi connectivity index (χ3v) is 5.67. The molecule has 10 heteroatoms. The topological polar surface area (TPSA) is 119 Å². The third kappa shape index (κ3) is 6.92. The number of piperazine rings is 1. The SMILES string of the molecule is O=C(NC(Cc1ccc(OC(=O)N2CCN(CCO)CC2)cc1)C(=O)O)c1ccccc1Cl. The maximum absolute atomic E-state index is 12.4. The van der Waals surface area contributed by atoms with E-state index in [1.165, 1.54) is 6.07 Å². The fraction of sp³-hybridized carbons (Fsp3) is 0.348. The fourth-order valence-corrected chi connectivity index (χ4v) is 3.69. The maximum Gasteiger partial charge on any atom is 0.415 e. The van der Waals surface area contributed by atoms with Crippen molar-refractivity contribution >= 4 is 29.6 Å². The zero-order valence-corrected chi connectivity index (χ0v) is 18.7. The van der Waals surface area contributed by atoms with Crippen LogP contribution >= 0.6 is 11.6 Å². The molecule has 1 heterocycles. The zero-order valence-electron chi connectivity index (χ0n) is 17.9. The Morgan fingerprint density at radius 2 is 1.70 bits per heavy atom. The minimum atomic E-state index is -1.17. The molecule has 2 amide bonds. The van der Waals surface area contributed by atoms with Gasteiger partial charge < -0.3 is 25.2 Å². The molecule has 176 valence electrons. The summed E-state index contributed by atoms with van der Waals surface area (Å²) in [6, 6.07) is 11.7. The lowest BCUT2D eigenvalue weighted by atomic mass is 10.1. The highest BCUT2D eigenvalue weighted by Crippen LogP contribution is 2.17. The molecule has 1 aliphatic heterocycles. The van der Waals surface area contributed by atoms with E-state index in [1.807, 2.05) is 0 Å². The Labute approximate surface area is 196 Å². The number of nitrogens with one attached hydrogen (secondary N) is 1. The molecule has 33 heavy (non-hydrogen) atoms. The summed E-state index contributed by atoms with van der Waals surface area (Å²) in [5.74, 6) is -1.41. The maximum atomic E-state index is 12.4. The number of hydrogen-bond acceptors (Lipinski definition) is 6. The van der Waals surface area contributed by atoms with Crippen molar-refractivity contribution in [2.45, 2.75) is 12.5 Å². The second-order valence-corrected chi connectivity index (χ2v) is 8.02. The molecule has 0 spiro atoms. The molecule has 1 fully saturated rings. The lowest BCUT2D eigenvalue weighted by Gasteiger charge is -2.33. The molecule has 1 aliphatic rings. The Kier molecular flexibility index (Phi) is 8.65. The Morgan fingerprint density at radius 3 is 2.30 bits per heavy atom. The highest BCUT2D eigenvalue weighted by molar-refractivity contribution is 6.33. The number of amides is 2. The zero-order chi connectivity index (χ0) is 23.8. The van der Waals surface area contributed by atoms with Crippen molar-refractivity contribution in [3.05, 3.63) is 64.7 Å². The van der Waals surface area contributed by atoms with Crippen molar-refractivity contribution in [1.29, 1.82) is 0 Å². The largest absolute Gasteiger partial charge is 0.480 e. The summed E-state index contributed by atoms with van der Waals surface area (Å²) in [6.45, 7) is 3.05. The first-order chi connectivity index (χ1) is 15.9. The number of hydrogen-bond donors (Lipinski definition) is 3. The quantitative estimate of drug-likeness (QED) is 0.533. The lowest BCUT2D eigenvalue weighted by molar-refractivity contribution is -0.139. The number of carbonyl (C=O) groups is 3. The molecular weight excluding hydrogens is 450 g/mol. The number of carboxylic acid groups (broad SMARTS) is 1. The van der Waals surface area contributed by atoms with Gasteiger partial charge >= 0.3 is 12.1 Å². The molecule has 3 N–H and O–H groups in total. The first-order valence-corrected chi connectivity index (χ1v) is 10.9. The van der Waals surface area contributed by atoms with Crippen LogP contribution in [0, 0.1) is 0 Å². The summed E-state index contributed by atoms with van der Waals surface area (Å²) in [5, 5.41) is 21.3. The molecule has 0 aromatic heterocycles. The van der Waals surface area contributed by atoms with E-state index in [-0.39, 0.29) is 23.6 Å². The Balaban J connectivity index is 1.55. The minimum absolute atomic E-state index is 0.0482. The van der Waals surface area contributed by atoms with Crippen LogP contribution in [-0.4, -0.2) is 83.4 Å². The van der Waals surface area contributed by atoms with Crippen LogP contribution in [-0.2, 0) is 11.2 Å². The molecule has 1 unspecified atom stereocenters. The first-order valence-electron chi connectivity index (χ1n) is 10.5. The standard InChI is InChI=1S/C23H26ClN3O6/c24-19-4-2-1-3-18(19)21(29)25-20(22(30)31)15-16-5-7-17(8-6-16)33-23(32)27-11-9-26(10-12-27)13-14-28/h1-8,20,28H,9-15H2,(H,25,29)(H,30,31). The van der Waals surface area contributed by atoms with Crippen molar-refractivity contribution in [3.8, 4) is 5.75 Å². The van der Waals surface area contributed by atoms with Gasteiger partial charge in [-0.2, -0.15) is 0 Å². The number of aliphatic hydroxyl groups is 1. The number of aliphatic hydroxyl groups excluding tert-OH is 1. The van der Waals surface area contributed by atoms with Gasteiger partial charge in [0.2, 0.25) is 0 Å². The van der Waals surface area contributed by atoms with Crippen LogP contribution in [0.3, 0.4) is 0 Å². The van der Waals surface area contributed by atoms with Crippen molar-refractivity contribution in [2.24, 2.45) is 0 Å². The summed E-state index contributed by atoms with van der Waals surface area (Å²) in [5.41, 5.74) is 0.851. The highest BCUT2D eigenvalue weighted by atomic mass is 35.5. The predicted octanol–water partition coefficient (Wildman–Crippen LogP) is 1.87. The number of benzene rings is 2. The fourth-order valence-electron chi connectivity index (χ4n) is 3.47. The molecule has 0 radical (unpaired) electrons. The number of halogens is 1. The second kappa shape index (κ2) is 11.6. The van der Waals surface area contributed by atoms with Crippen molar-refractivity contribution in [3.63, 3.8) is 0 Å². The average molecular weight is 476 g/mol. The summed E-state index contributed by atoms with van der Waals surface area (Å²) in [6.07, 6.45) is -0.408. The van der Waals surface area contributed by atoms with Crippen LogP contribution in [0.5, 0.6) is 5.75 Å². The minimum Gasteiger partial charge on any atom is -0.480 e. The van der Waals surface area contributed by atoms with Crippen LogP contribution in [0.2, 0.25) is 5.02 Å². The van der Waals surface area contributed by atoms with Gasteiger partial charge in [0.15, 0.2) is 0 Å². The molecule has 0 aliphatic carbocycles. The number of ether oxygens (including phenoxy) is 1. The van der Waals surface area contributed by atoms with Gasteiger partial charge in [0.1, 0.15) is 11.8 Å². The molecule has 0 bridgehead atoms. The highest BCUT2D eigenvalue weighted by Gasteiger charge is 2.24. The van der Waals surface area contributed by atoms with Crippen LogP contribution in [0.1, 0.15) is 15.9 Å². The summed E-state index contributed by atoms with van der Waals surface area (Å²) < 4.78 is 5.41. The second-order valence-electron chi connectivity index (χ2n) is 7.61. The Bertz CT molecular complexity index is 976. The number of rotatable bonds is 8. The van der Waals surface area contributed by atoms with Gasteiger partial charge in [0.25, 0.3) is 5.91 Å². The van der Waals surface area contributed by atoms with E-state index in [2.05, 4.69) is 10.2 Å². The van der Waals surface area contributed by atoms with E-state index in [4.69, 9.17) is 21.4 Å². The van der Waals surface area contributed by atoms with Crippen LogP contribution < -0.4 is 10.1 Å². The molecule has 2 aromatic rings. The molecule has 0 saturated carbocycles. The van der Waals surface area contributed by atoms with E-state index < -0.39 is 24.0 Å². The third-order valence-electron chi connectivity index (χ3n) is 5.34. The molecule has 9 nitrogen and oxygen atoms in total. The van der Waals surface area contributed by atoms with Crippen molar-refractivity contribution < 1.29 is 29.3 Å². The lowest BCUT2D eigenvalue weighted by Crippen LogP contribution is -2.50. The van der Waals surface area contributed by atoms with Gasteiger partial charge in [-0.25, -0.2) is 9.59 Å². The molecule has 1 atom stereocenters. The van der Waals surface area contributed by atoms with E-state index >= 15 is 0 Å². The predicted molar refractivity (Wildman–Crippen MR) is 122 cm³/mol. The number of nitrogens with zero attached hydrogens (tertiary/aromatic N) is 2. The van der Waals surface area contributed by atoms with Gasteiger partial charge in [-0.05, 0) is 29.8 Å². The average Bonchev–Trinajstić information content (AvgIpc) is 2.80. The molecule has 3 rings (SSSR count). The van der Waals surface area contributed by atoms with Crippen LogP contribution in [0.15, 0.2) is 48.5 Å². The Morgan fingerprint density at radius 1 is 1.03 bits per heavy atom. The van der Waals surface area contributed by atoms with Crippen molar-refractivity contribution in [1.82, 2.24) is 15.1 Å². The van der Waals surface area contributed by atoms with Gasteiger partial charge in [-0.1, -0.05) is 35.9 Å². The summed E-state index contributed by atoms with van der Waals surface area (Å²) in [7, 11) is 0. The van der Waals surface area contributed by atoms with E-state index in [1.54, 1.807) is 47.4 Å². The molecular formula is C23H26ClN3O6. The van der Waals surface area contributed by atoms with Gasteiger partial charge in [0, 0.05) is 39.1 Å². The monoisotopic (exact) mass is 475 g/mol. The van der Waals surface area contributed by atoms with Crippen LogP contribution in [0.4, 0.5) is 4.79 Å². The van der Waals surface area contributed by atoms with E-state index in [9.17, 15) is 19.5 Å². The van der Waals surface area contributed by atoms with Gasteiger partial charge in [-0.15, -0.1) is 0 Å². The van der Waals surface area contributed by atoms with Crippen molar-refractivity contribution in [2.75, 3.05) is 39.3 Å². The van der Waals surface area contributed by atoms with Gasteiger partial charge in [0.05, 0.1) is 17.2 Å². The summed E-state index contributed by atoms with van der Waals surface area (Å²) in [4.78, 5) is 40.1. The normalized spacial score (nSPS) is 15.0. The van der Waals surface area contributed by atoms with Crippen LogP contribution in [0.25, 0.3) is 0 Å². The molecule has 2 aromatic carbocycles. The number of carboxylic acids is 1. The number of aliphatic carboxylic acids is 1. The summed E-state index contributed by atoms with van der Waals surface area (Å²) >= 11 is 6.01. The number of carbonyl (C=O) groups excluding carboxylic acids is 2. The first kappa shape index (κ1) is 24.5. The van der Waals surface area contributed by atoms with E-state index in [0.717, 1.165) is 0 Å². The molecule has 1 saturated heterocycles. The van der Waals surface area contributed by atoms with Gasteiger partial charge in [-0.3, -0.25) is 9.69 Å². The Hall–Kier alpha value is -3.14. The van der Waals surface area contributed by atoms with E-state index in [0.29, 0.717) is 44.0 Å².